The minimum Gasteiger partial charge on any atom is -0.380 e. The Morgan fingerprint density at radius 1 is 1.40 bits per heavy atom. The van der Waals surface area contributed by atoms with Gasteiger partial charge in [-0.05, 0) is 18.2 Å². The average Bonchev–Trinajstić information content (AvgIpc) is 3.23. The number of rotatable bonds is 6. The normalized spacial score (nSPS) is 16.7. The highest BCUT2D eigenvalue weighted by Crippen LogP contribution is 2.24. The number of carbonyl (C=O) groups excluding carboxylic acids is 2. The quantitative estimate of drug-likeness (QED) is 0.238. The van der Waals surface area contributed by atoms with Gasteiger partial charge in [0.2, 0.25) is 0 Å². The maximum absolute atomic E-state index is 12.8. The Morgan fingerprint density at radius 2 is 2.23 bits per heavy atom. The van der Waals surface area contributed by atoms with Crippen LogP contribution in [0, 0.1) is 16.7 Å². The van der Waals surface area contributed by atoms with E-state index in [-0.39, 0.29) is 30.5 Å². The molecule has 3 heterocycles. The molecular formula is C21H19N9O5. The molecule has 0 bridgehead atoms. The number of nitrogens with two attached hydrogens (primary N) is 1. The minimum absolute atomic E-state index is 0.00744. The number of amides is 2. The molecule has 1 aliphatic rings. The fourth-order valence-electron chi connectivity index (χ4n) is 3.27. The molecule has 0 aliphatic carbocycles. The van der Waals surface area contributed by atoms with Crippen molar-refractivity contribution in [1.82, 2.24) is 20.3 Å². The van der Waals surface area contributed by atoms with Crippen LogP contribution in [-0.4, -0.2) is 68.4 Å². The SMILES string of the molecule is N#Cc1cc(N/C=C\C(=N)N2CCOC(C(O)C(=O)Nc3ccc4c(N)noc4c3)C2=O)cnn1. The molecule has 14 nitrogen and oxygen atoms in total. The van der Waals surface area contributed by atoms with Crippen LogP contribution in [0.5, 0.6) is 0 Å². The molecule has 2 unspecified atom stereocenters. The first kappa shape index (κ1) is 23.3. The number of nitriles is 1. The van der Waals surface area contributed by atoms with Gasteiger partial charge < -0.3 is 30.7 Å². The topological polar surface area (TPSA) is 216 Å². The molecule has 1 saturated heterocycles. The first-order valence-corrected chi connectivity index (χ1v) is 10.2. The van der Waals surface area contributed by atoms with E-state index in [2.05, 4.69) is 26.0 Å². The Hall–Kier alpha value is -4.87. The number of morpholine rings is 1. The summed E-state index contributed by atoms with van der Waals surface area (Å²) >= 11 is 0. The van der Waals surface area contributed by atoms with Crippen LogP contribution >= 0.6 is 0 Å². The van der Waals surface area contributed by atoms with Crippen LogP contribution < -0.4 is 16.4 Å². The lowest BCUT2D eigenvalue weighted by Gasteiger charge is -2.33. The summed E-state index contributed by atoms with van der Waals surface area (Å²) in [6.45, 7) is 0.0688. The summed E-state index contributed by atoms with van der Waals surface area (Å²) in [5.41, 5.74) is 6.87. The number of nitrogens with zero attached hydrogens (tertiary/aromatic N) is 5. The van der Waals surface area contributed by atoms with Gasteiger partial charge in [0.15, 0.2) is 29.3 Å². The summed E-state index contributed by atoms with van der Waals surface area (Å²) in [6.07, 6.45) is 0.737. The highest BCUT2D eigenvalue weighted by molar-refractivity contribution is 6.07. The monoisotopic (exact) mass is 477 g/mol. The number of amidine groups is 1. The van der Waals surface area contributed by atoms with Crippen molar-refractivity contribution < 1.29 is 24.0 Å². The molecule has 2 aromatic heterocycles. The summed E-state index contributed by atoms with van der Waals surface area (Å²) in [4.78, 5) is 26.5. The van der Waals surface area contributed by atoms with E-state index in [0.717, 1.165) is 4.90 Å². The lowest BCUT2D eigenvalue weighted by Crippen LogP contribution is -2.56. The zero-order valence-electron chi connectivity index (χ0n) is 18.0. The molecule has 4 rings (SSSR count). The van der Waals surface area contributed by atoms with Gasteiger partial charge in [0.05, 0.1) is 30.4 Å². The van der Waals surface area contributed by atoms with E-state index in [1.54, 1.807) is 12.1 Å². The Balaban J connectivity index is 1.38. The number of hydrogen-bond acceptors (Lipinski definition) is 12. The Kier molecular flexibility index (Phi) is 6.62. The van der Waals surface area contributed by atoms with Crippen LogP contribution in [0.3, 0.4) is 0 Å². The van der Waals surface area contributed by atoms with Gasteiger partial charge in [-0.25, -0.2) is 0 Å². The number of nitrogens with one attached hydrogen (secondary N) is 3. The maximum atomic E-state index is 12.8. The first-order valence-electron chi connectivity index (χ1n) is 10.2. The lowest BCUT2D eigenvalue weighted by atomic mass is 10.1. The Labute approximate surface area is 197 Å². The molecule has 35 heavy (non-hydrogen) atoms. The number of hydrogen-bond donors (Lipinski definition) is 5. The minimum atomic E-state index is -1.83. The third kappa shape index (κ3) is 5.05. The van der Waals surface area contributed by atoms with Crippen LogP contribution in [0.15, 0.2) is 47.3 Å². The van der Waals surface area contributed by atoms with Crippen molar-refractivity contribution in [2.75, 3.05) is 29.5 Å². The smallest absolute Gasteiger partial charge is 0.260 e. The van der Waals surface area contributed by atoms with Gasteiger partial charge in [0.1, 0.15) is 11.9 Å². The van der Waals surface area contributed by atoms with E-state index in [1.807, 2.05) is 6.07 Å². The van der Waals surface area contributed by atoms with Crippen LogP contribution in [0.1, 0.15) is 5.69 Å². The van der Waals surface area contributed by atoms with Gasteiger partial charge in [-0.1, -0.05) is 5.16 Å². The van der Waals surface area contributed by atoms with Gasteiger partial charge in [-0.2, -0.15) is 10.4 Å². The molecule has 1 aromatic carbocycles. The summed E-state index contributed by atoms with van der Waals surface area (Å²) in [6, 6.07) is 7.93. The fraction of sp³-hybridized carbons (Fsp3) is 0.190. The van der Waals surface area contributed by atoms with Crippen LogP contribution in [0.4, 0.5) is 17.2 Å². The number of ether oxygens (including phenoxy) is 1. The molecule has 0 spiro atoms. The first-order chi connectivity index (χ1) is 16.9. The predicted molar refractivity (Wildman–Crippen MR) is 122 cm³/mol. The second-order valence-electron chi connectivity index (χ2n) is 7.30. The third-order valence-electron chi connectivity index (χ3n) is 5.00. The van der Waals surface area contributed by atoms with Crippen molar-refractivity contribution in [2.45, 2.75) is 12.2 Å². The number of aromatic nitrogens is 3. The maximum Gasteiger partial charge on any atom is 0.260 e. The van der Waals surface area contributed by atoms with Gasteiger partial charge in [-0.3, -0.25) is 19.9 Å². The standard InChI is InChI=1S/C21H19N9O5/c22-9-12-7-13(10-26-28-12)25-4-3-16(23)30-5-6-34-18(21(30)33)17(31)20(32)27-11-1-2-14-15(8-11)35-29-19(14)24/h1-4,7-8,10,17-18,23,31H,5-6H2,(H2,24,29)(H,25,28)(H,27,32)/b4-3-,23-16?. The van der Waals surface area contributed by atoms with Crippen molar-refractivity contribution in [3.8, 4) is 6.07 Å². The molecule has 0 saturated carbocycles. The van der Waals surface area contributed by atoms with Crippen molar-refractivity contribution in [1.29, 1.82) is 10.7 Å². The highest BCUT2D eigenvalue weighted by atomic mass is 16.5. The van der Waals surface area contributed by atoms with Crippen LogP contribution in [0.25, 0.3) is 11.0 Å². The molecule has 2 atom stereocenters. The van der Waals surface area contributed by atoms with E-state index in [9.17, 15) is 14.7 Å². The lowest BCUT2D eigenvalue weighted by molar-refractivity contribution is -0.161. The summed E-state index contributed by atoms with van der Waals surface area (Å²) in [7, 11) is 0. The number of nitrogen functional groups attached to an aromatic ring is 1. The summed E-state index contributed by atoms with van der Waals surface area (Å²) in [5.74, 6) is -1.61. The van der Waals surface area contributed by atoms with Gasteiger partial charge in [0, 0.05) is 24.0 Å². The summed E-state index contributed by atoms with van der Waals surface area (Å²) < 4.78 is 10.4. The fourth-order valence-corrected chi connectivity index (χ4v) is 3.27. The molecule has 178 valence electrons. The molecule has 2 amide bonds. The second kappa shape index (κ2) is 9.95. The molecule has 1 aliphatic heterocycles. The second-order valence-corrected chi connectivity index (χ2v) is 7.30. The molecule has 14 heteroatoms. The van der Waals surface area contributed by atoms with E-state index < -0.39 is 24.0 Å². The number of aliphatic hydroxyl groups excluding tert-OH is 1. The van der Waals surface area contributed by atoms with Crippen molar-refractivity contribution in [2.24, 2.45) is 0 Å². The highest BCUT2D eigenvalue weighted by Gasteiger charge is 2.39. The number of anilines is 3. The average molecular weight is 477 g/mol. The Morgan fingerprint density at radius 3 is 3.03 bits per heavy atom. The third-order valence-corrected chi connectivity index (χ3v) is 5.00. The van der Waals surface area contributed by atoms with E-state index in [0.29, 0.717) is 22.3 Å². The van der Waals surface area contributed by atoms with E-state index in [4.69, 9.17) is 25.7 Å². The molecule has 1 fully saturated rings. The van der Waals surface area contributed by atoms with Gasteiger partial charge in [-0.15, -0.1) is 5.10 Å². The van der Waals surface area contributed by atoms with Crippen molar-refractivity contribution >= 4 is 45.8 Å². The number of benzene rings is 1. The van der Waals surface area contributed by atoms with Crippen LogP contribution in [-0.2, 0) is 14.3 Å². The Bertz CT molecular complexity index is 1360. The van der Waals surface area contributed by atoms with Crippen molar-refractivity contribution in [3.05, 3.63) is 48.4 Å². The largest absolute Gasteiger partial charge is 0.380 e. The molecular weight excluding hydrogens is 458 g/mol. The number of aliphatic hydroxyl groups is 1. The van der Waals surface area contributed by atoms with Crippen LogP contribution in [0.2, 0.25) is 0 Å². The molecule has 3 aromatic rings. The number of carbonyl (C=O) groups is 2. The zero-order valence-corrected chi connectivity index (χ0v) is 18.0. The molecule has 0 radical (unpaired) electrons. The number of fused-ring (bicyclic) bond motifs is 1. The predicted octanol–water partition coefficient (Wildman–Crippen LogP) is 0.202. The zero-order chi connectivity index (χ0) is 24.9. The van der Waals surface area contributed by atoms with E-state index in [1.165, 1.54) is 30.6 Å². The van der Waals surface area contributed by atoms with Gasteiger partial charge in [0.25, 0.3) is 11.8 Å². The molecule has 6 N–H and O–H groups in total. The van der Waals surface area contributed by atoms with E-state index >= 15 is 0 Å². The van der Waals surface area contributed by atoms with Gasteiger partial charge >= 0.3 is 0 Å². The van der Waals surface area contributed by atoms with Crippen molar-refractivity contribution in [3.63, 3.8) is 0 Å². The summed E-state index contributed by atoms with van der Waals surface area (Å²) in [5, 5.41) is 44.3.